The fourth-order valence-corrected chi connectivity index (χ4v) is 3.06. The Morgan fingerprint density at radius 3 is 2.39 bits per heavy atom. The first-order valence-corrected chi connectivity index (χ1v) is 9.04. The largest absolute Gasteiger partial charge is 0.479 e. The Balaban J connectivity index is 2.52. The molecule has 5 nitrogen and oxygen atoms in total. The van der Waals surface area contributed by atoms with Crippen LogP contribution in [0.2, 0.25) is 0 Å². The summed E-state index contributed by atoms with van der Waals surface area (Å²) in [4.78, 5) is 23.9. The molecular weight excluding hydrogens is 296 g/mol. The van der Waals surface area contributed by atoms with Gasteiger partial charge in [0.25, 0.3) is 5.60 Å². The van der Waals surface area contributed by atoms with Crippen LogP contribution in [-0.2, 0) is 19.1 Å². The van der Waals surface area contributed by atoms with Crippen molar-refractivity contribution < 1.29 is 24.2 Å². The zero-order valence-electron chi connectivity index (χ0n) is 14.8. The molecule has 23 heavy (non-hydrogen) atoms. The number of rotatable bonds is 10. The first kappa shape index (κ1) is 19.9. The summed E-state index contributed by atoms with van der Waals surface area (Å²) in [7, 11) is 0. The van der Waals surface area contributed by atoms with Gasteiger partial charge in [-0.05, 0) is 38.5 Å². The van der Waals surface area contributed by atoms with Crippen LogP contribution < -0.4 is 0 Å². The molecule has 0 heterocycles. The van der Waals surface area contributed by atoms with E-state index in [9.17, 15) is 14.7 Å². The average molecular weight is 328 g/mol. The van der Waals surface area contributed by atoms with Gasteiger partial charge in [-0.25, -0.2) is 9.59 Å². The van der Waals surface area contributed by atoms with Crippen LogP contribution >= 0.6 is 0 Å². The van der Waals surface area contributed by atoms with E-state index in [1.54, 1.807) is 13.8 Å². The molecule has 0 saturated heterocycles. The molecule has 1 saturated carbocycles. The molecule has 0 aromatic rings. The van der Waals surface area contributed by atoms with Crippen molar-refractivity contribution in [2.45, 2.75) is 90.3 Å². The van der Waals surface area contributed by atoms with Gasteiger partial charge in [-0.2, -0.15) is 0 Å². The standard InChI is InChI=1S/C18H32O5/c1-4-14(3)23-17(21)18(5-2,16(19)20)22-13-9-12-15-10-7-6-8-11-15/h14-15H,4-13H2,1-3H3,(H,19,20). The van der Waals surface area contributed by atoms with Crippen molar-refractivity contribution in [2.24, 2.45) is 5.92 Å². The molecule has 0 amide bonds. The lowest BCUT2D eigenvalue weighted by Crippen LogP contribution is -2.50. The molecule has 134 valence electrons. The number of carbonyl (C=O) groups is 2. The van der Waals surface area contributed by atoms with Gasteiger partial charge in [0.1, 0.15) is 0 Å². The van der Waals surface area contributed by atoms with E-state index >= 15 is 0 Å². The third-order valence-corrected chi connectivity index (χ3v) is 4.89. The second kappa shape index (κ2) is 9.91. The van der Waals surface area contributed by atoms with Gasteiger partial charge < -0.3 is 14.6 Å². The Labute approximate surface area is 139 Å². The zero-order chi connectivity index (χ0) is 17.3. The number of esters is 1. The molecule has 0 radical (unpaired) electrons. The molecular formula is C18H32O5. The summed E-state index contributed by atoms with van der Waals surface area (Å²) < 4.78 is 10.8. The first-order valence-electron chi connectivity index (χ1n) is 9.04. The van der Waals surface area contributed by atoms with E-state index in [4.69, 9.17) is 9.47 Å². The molecule has 5 heteroatoms. The SMILES string of the molecule is CCC(C)OC(=O)C(CC)(OCCCC1CCCCC1)C(=O)O. The Hall–Kier alpha value is -1.10. The van der Waals surface area contributed by atoms with E-state index in [1.807, 2.05) is 6.92 Å². The average Bonchev–Trinajstić information content (AvgIpc) is 2.55. The maximum atomic E-state index is 12.3. The monoisotopic (exact) mass is 328 g/mol. The van der Waals surface area contributed by atoms with Crippen molar-refractivity contribution >= 4 is 11.9 Å². The topological polar surface area (TPSA) is 72.8 Å². The minimum absolute atomic E-state index is 0.0705. The molecule has 0 spiro atoms. The highest BCUT2D eigenvalue weighted by Gasteiger charge is 2.48. The van der Waals surface area contributed by atoms with E-state index in [0.717, 1.165) is 18.8 Å². The van der Waals surface area contributed by atoms with Crippen molar-refractivity contribution in [3.05, 3.63) is 0 Å². The molecule has 1 N–H and O–H groups in total. The molecule has 0 aliphatic heterocycles. The number of carboxylic acid groups (broad SMARTS) is 1. The van der Waals surface area contributed by atoms with Gasteiger partial charge in [-0.1, -0.05) is 46.0 Å². The lowest BCUT2D eigenvalue weighted by Gasteiger charge is -2.28. The normalized spacial score (nSPS) is 19.8. The van der Waals surface area contributed by atoms with Crippen LogP contribution in [-0.4, -0.2) is 35.4 Å². The van der Waals surface area contributed by atoms with Crippen molar-refractivity contribution in [2.75, 3.05) is 6.61 Å². The van der Waals surface area contributed by atoms with E-state index in [2.05, 4.69) is 0 Å². The summed E-state index contributed by atoms with van der Waals surface area (Å²) in [5, 5.41) is 9.50. The molecule has 1 rings (SSSR count). The van der Waals surface area contributed by atoms with Gasteiger partial charge >= 0.3 is 11.9 Å². The third kappa shape index (κ3) is 5.79. The highest BCUT2D eigenvalue weighted by molar-refractivity contribution is 6.02. The molecule has 0 bridgehead atoms. The van der Waals surface area contributed by atoms with Crippen molar-refractivity contribution in [3.8, 4) is 0 Å². The molecule has 0 aromatic carbocycles. The third-order valence-electron chi connectivity index (χ3n) is 4.89. The van der Waals surface area contributed by atoms with Crippen LogP contribution in [0.5, 0.6) is 0 Å². The number of aliphatic carboxylic acids is 1. The van der Waals surface area contributed by atoms with E-state index in [-0.39, 0.29) is 19.1 Å². The second-order valence-electron chi connectivity index (χ2n) is 6.60. The summed E-state index contributed by atoms with van der Waals surface area (Å²) in [5.41, 5.74) is -1.87. The Kier molecular flexibility index (Phi) is 8.59. The van der Waals surface area contributed by atoms with Gasteiger partial charge in [0, 0.05) is 6.61 Å². The van der Waals surface area contributed by atoms with Crippen LogP contribution in [0.4, 0.5) is 0 Å². The fraction of sp³-hybridized carbons (Fsp3) is 0.889. The van der Waals surface area contributed by atoms with Crippen LogP contribution in [0, 0.1) is 5.92 Å². The van der Waals surface area contributed by atoms with Crippen molar-refractivity contribution in [1.29, 1.82) is 0 Å². The predicted octanol–water partition coefficient (Wildman–Crippen LogP) is 3.94. The van der Waals surface area contributed by atoms with Crippen LogP contribution in [0.25, 0.3) is 0 Å². The summed E-state index contributed by atoms with van der Waals surface area (Å²) in [6.45, 7) is 5.57. The lowest BCUT2D eigenvalue weighted by molar-refractivity contribution is -0.191. The van der Waals surface area contributed by atoms with Crippen molar-refractivity contribution in [1.82, 2.24) is 0 Å². The zero-order valence-corrected chi connectivity index (χ0v) is 14.8. The van der Waals surface area contributed by atoms with E-state index in [1.165, 1.54) is 32.1 Å². The minimum Gasteiger partial charge on any atom is -0.479 e. The second-order valence-corrected chi connectivity index (χ2v) is 6.60. The Morgan fingerprint density at radius 2 is 1.87 bits per heavy atom. The number of hydrogen-bond donors (Lipinski definition) is 1. The van der Waals surface area contributed by atoms with Gasteiger partial charge in [0.05, 0.1) is 6.10 Å². The van der Waals surface area contributed by atoms with Crippen molar-refractivity contribution in [3.63, 3.8) is 0 Å². The highest BCUT2D eigenvalue weighted by Crippen LogP contribution is 2.28. The van der Waals surface area contributed by atoms with E-state index < -0.39 is 17.5 Å². The maximum absolute atomic E-state index is 12.3. The molecule has 2 unspecified atom stereocenters. The minimum atomic E-state index is -1.87. The number of carboxylic acids is 1. The van der Waals surface area contributed by atoms with Crippen LogP contribution in [0.1, 0.15) is 78.6 Å². The van der Waals surface area contributed by atoms with Crippen LogP contribution in [0.3, 0.4) is 0 Å². The maximum Gasteiger partial charge on any atom is 0.350 e. The van der Waals surface area contributed by atoms with Gasteiger partial charge in [-0.3, -0.25) is 0 Å². The van der Waals surface area contributed by atoms with E-state index in [0.29, 0.717) is 6.42 Å². The quantitative estimate of drug-likeness (QED) is 0.373. The Bertz CT molecular complexity index is 376. The molecule has 1 fully saturated rings. The van der Waals surface area contributed by atoms with Crippen LogP contribution in [0.15, 0.2) is 0 Å². The molecule has 1 aliphatic rings. The van der Waals surface area contributed by atoms with Gasteiger partial charge in [0.2, 0.25) is 0 Å². The summed E-state index contributed by atoms with van der Waals surface area (Å²) in [6.07, 6.45) is 8.67. The number of hydrogen-bond acceptors (Lipinski definition) is 4. The molecule has 2 atom stereocenters. The first-order chi connectivity index (χ1) is 11.0. The predicted molar refractivity (Wildman–Crippen MR) is 88.3 cm³/mol. The van der Waals surface area contributed by atoms with Gasteiger partial charge in [-0.15, -0.1) is 0 Å². The lowest BCUT2D eigenvalue weighted by atomic mass is 9.86. The highest BCUT2D eigenvalue weighted by atomic mass is 16.6. The summed E-state index contributed by atoms with van der Waals surface area (Å²) >= 11 is 0. The number of ether oxygens (including phenoxy) is 2. The smallest absolute Gasteiger partial charge is 0.350 e. The molecule has 0 aromatic heterocycles. The number of carbonyl (C=O) groups excluding carboxylic acids is 1. The summed E-state index contributed by atoms with van der Waals surface area (Å²) in [5.74, 6) is -1.31. The fourth-order valence-electron chi connectivity index (χ4n) is 3.06. The molecule has 1 aliphatic carbocycles. The summed E-state index contributed by atoms with van der Waals surface area (Å²) in [6, 6.07) is 0. The van der Waals surface area contributed by atoms with Gasteiger partial charge in [0.15, 0.2) is 0 Å². The Morgan fingerprint density at radius 1 is 1.22 bits per heavy atom.